The molecule has 0 amide bonds. The Bertz CT molecular complexity index is 375. The second kappa shape index (κ2) is 3.40. The topological polar surface area (TPSA) is 26.3 Å². The Kier molecular flexibility index (Phi) is 2.33. The zero-order valence-corrected chi connectivity index (χ0v) is 8.82. The van der Waals surface area contributed by atoms with E-state index in [9.17, 15) is 4.79 Å². The summed E-state index contributed by atoms with van der Waals surface area (Å²) >= 11 is 0. The zero-order chi connectivity index (χ0) is 11.1. The van der Waals surface area contributed by atoms with E-state index in [1.807, 2.05) is 18.2 Å². The summed E-state index contributed by atoms with van der Waals surface area (Å²) in [4.78, 5) is 11.6. The molecule has 15 heavy (non-hydrogen) atoms. The van der Waals surface area contributed by atoms with Crippen LogP contribution in [0.5, 0.6) is 0 Å². The van der Waals surface area contributed by atoms with E-state index < -0.39 is 5.41 Å². The number of carbonyl (C=O) groups excluding carboxylic acids is 1. The second-order valence-corrected chi connectivity index (χ2v) is 4.13. The minimum atomic E-state index is -0.408. The zero-order valence-electron chi connectivity index (χ0n) is 8.82. The SMILES string of the molecule is [B]C1C=CC(C2(C(=O)OC)CC2)=CC1=C. The first-order valence-corrected chi connectivity index (χ1v) is 5.03. The van der Waals surface area contributed by atoms with Gasteiger partial charge in [-0.1, -0.05) is 30.4 Å². The van der Waals surface area contributed by atoms with E-state index in [0.29, 0.717) is 0 Å². The molecule has 2 aliphatic carbocycles. The molecule has 1 saturated carbocycles. The van der Waals surface area contributed by atoms with Crippen molar-refractivity contribution in [3.8, 4) is 0 Å². The maximum atomic E-state index is 11.6. The van der Waals surface area contributed by atoms with Crippen LogP contribution in [0.25, 0.3) is 0 Å². The summed E-state index contributed by atoms with van der Waals surface area (Å²) in [5.74, 6) is -0.274. The molecule has 0 aromatic heterocycles. The van der Waals surface area contributed by atoms with E-state index in [1.54, 1.807) is 0 Å². The number of rotatable bonds is 2. The molecule has 1 fully saturated rings. The van der Waals surface area contributed by atoms with Crippen LogP contribution < -0.4 is 0 Å². The number of hydrogen-bond acceptors (Lipinski definition) is 2. The van der Waals surface area contributed by atoms with Crippen LogP contribution >= 0.6 is 0 Å². The largest absolute Gasteiger partial charge is 0.468 e. The normalized spacial score (nSPS) is 27.1. The van der Waals surface area contributed by atoms with Crippen molar-refractivity contribution in [2.24, 2.45) is 5.41 Å². The van der Waals surface area contributed by atoms with Gasteiger partial charge in [-0.05, 0) is 24.2 Å². The Morgan fingerprint density at radius 1 is 1.67 bits per heavy atom. The first-order valence-electron chi connectivity index (χ1n) is 5.03. The predicted octanol–water partition coefficient (Wildman–Crippen LogP) is 1.95. The maximum absolute atomic E-state index is 11.6. The van der Waals surface area contributed by atoms with Crippen molar-refractivity contribution in [1.82, 2.24) is 0 Å². The molecule has 2 rings (SSSR count). The number of ether oxygens (including phenoxy) is 1. The number of carbonyl (C=O) groups is 1. The van der Waals surface area contributed by atoms with Gasteiger partial charge in [0.15, 0.2) is 0 Å². The first-order chi connectivity index (χ1) is 7.10. The van der Waals surface area contributed by atoms with Crippen LogP contribution in [-0.2, 0) is 9.53 Å². The number of hydrogen-bond donors (Lipinski definition) is 0. The molecule has 0 N–H and O–H groups in total. The van der Waals surface area contributed by atoms with Gasteiger partial charge < -0.3 is 4.74 Å². The fraction of sp³-hybridized carbons (Fsp3) is 0.417. The molecule has 2 aliphatic rings. The van der Waals surface area contributed by atoms with Crippen molar-refractivity contribution in [2.45, 2.75) is 18.7 Å². The molecule has 0 heterocycles. The number of allylic oxidation sites excluding steroid dienone is 4. The molecular weight excluding hydrogens is 187 g/mol. The van der Waals surface area contributed by atoms with Gasteiger partial charge in [0.1, 0.15) is 0 Å². The van der Waals surface area contributed by atoms with Crippen LogP contribution in [0.4, 0.5) is 0 Å². The van der Waals surface area contributed by atoms with Gasteiger partial charge in [-0.2, -0.15) is 0 Å². The van der Waals surface area contributed by atoms with Crippen molar-refractivity contribution in [3.63, 3.8) is 0 Å². The van der Waals surface area contributed by atoms with Crippen LogP contribution in [-0.4, -0.2) is 20.9 Å². The average molecular weight is 200 g/mol. The maximum Gasteiger partial charge on any atom is 0.316 e. The molecule has 1 unspecified atom stereocenters. The molecular formula is C12H13BO2. The fourth-order valence-corrected chi connectivity index (χ4v) is 1.90. The summed E-state index contributed by atoms with van der Waals surface area (Å²) < 4.78 is 4.82. The first kappa shape index (κ1) is 10.3. The predicted molar refractivity (Wildman–Crippen MR) is 59.6 cm³/mol. The Labute approximate surface area is 91.1 Å². The monoisotopic (exact) mass is 200 g/mol. The van der Waals surface area contributed by atoms with Crippen LogP contribution in [0, 0.1) is 5.41 Å². The Morgan fingerprint density at radius 2 is 2.33 bits per heavy atom. The lowest BCUT2D eigenvalue weighted by molar-refractivity contribution is -0.145. The standard InChI is InChI=1S/C12H13BO2/c1-8-7-9(3-4-10(8)13)12(5-6-12)11(14)15-2/h3-4,7,10H,1,5-6H2,2H3. The van der Waals surface area contributed by atoms with E-state index in [2.05, 4.69) is 6.58 Å². The van der Waals surface area contributed by atoms with Crippen molar-refractivity contribution in [1.29, 1.82) is 0 Å². The van der Waals surface area contributed by atoms with E-state index in [1.165, 1.54) is 7.11 Å². The van der Waals surface area contributed by atoms with Crippen LogP contribution in [0.1, 0.15) is 12.8 Å². The Balaban J connectivity index is 2.26. The van der Waals surface area contributed by atoms with Gasteiger partial charge in [-0.15, -0.1) is 0 Å². The highest BCUT2D eigenvalue weighted by atomic mass is 16.5. The van der Waals surface area contributed by atoms with Crippen LogP contribution in [0.3, 0.4) is 0 Å². The van der Waals surface area contributed by atoms with Gasteiger partial charge in [-0.3, -0.25) is 4.79 Å². The minimum Gasteiger partial charge on any atom is -0.468 e. The van der Waals surface area contributed by atoms with Crippen molar-refractivity contribution in [2.75, 3.05) is 7.11 Å². The molecule has 0 spiro atoms. The van der Waals surface area contributed by atoms with Crippen LogP contribution in [0.15, 0.2) is 36.0 Å². The smallest absolute Gasteiger partial charge is 0.316 e. The minimum absolute atomic E-state index is 0.123. The average Bonchev–Trinajstić information content (AvgIpc) is 3.02. The van der Waals surface area contributed by atoms with Crippen molar-refractivity contribution < 1.29 is 9.53 Å². The molecule has 0 aromatic rings. The van der Waals surface area contributed by atoms with Crippen molar-refractivity contribution >= 4 is 13.8 Å². The Hall–Kier alpha value is -1.25. The van der Waals surface area contributed by atoms with Gasteiger partial charge in [-0.25, -0.2) is 0 Å². The molecule has 0 saturated heterocycles. The summed E-state index contributed by atoms with van der Waals surface area (Å²) in [6, 6.07) is 0. The van der Waals surface area contributed by atoms with Gasteiger partial charge >= 0.3 is 5.97 Å². The highest BCUT2D eigenvalue weighted by Gasteiger charge is 2.53. The van der Waals surface area contributed by atoms with E-state index >= 15 is 0 Å². The van der Waals surface area contributed by atoms with Crippen molar-refractivity contribution in [3.05, 3.63) is 36.0 Å². The molecule has 0 bridgehead atoms. The Morgan fingerprint density at radius 3 is 2.80 bits per heavy atom. The number of methoxy groups -OCH3 is 1. The highest BCUT2D eigenvalue weighted by molar-refractivity contribution is 6.15. The lowest BCUT2D eigenvalue weighted by Gasteiger charge is -2.20. The lowest BCUT2D eigenvalue weighted by Crippen LogP contribution is -2.20. The molecule has 0 aromatic carbocycles. The molecule has 3 heteroatoms. The van der Waals surface area contributed by atoms with Gasteiger partial charge in [0, 0.05) is 0 Å². The summed E-state index contributed by atoms with van der Waals surface area (Å²) in [6.07, 6.45) is 7.43. The van der Waals surface area contributed by atoms with E-state index in [-0.39, 0.29) is 11.8 Å². The van der Waals surface area contributed by atoms with Gasteiger partial charge in [0.2, 0.25) is 0 Å². The highest BCUT2D eigenvalue weighted by Crippen LogP contribution is 2.54. The van der Waals surface area contributed by atoms with E-state index in [0.717, 1.165) is 24.0 Å². The van der Waals surface area contributed by atoms with Gasteiger partial charge in [0.25, 0.3) is 0 Å². The lowest BCUT2D eigenvalue weighted by atomic mass is 9.75. The molecule has 1 atom stereocenters. The second-order valence-electron chi connectivity index (χ2n) is 4.13. The molecule has 2 nitrogen and oxygen atoms in total. The van der Waals surface area contributed by atoms with Crippen LogP contribution in [0.2, 0.25) is 5.82 Å². The third-order valence-electron chi connectivity index (χ3n) is 3.13. The quantitative estimate of drug-likeness (QED) is 0.503. The fourth-order valence-electron chi connectivity index (χ4n) is 1.90. The summed E-state index contributed by atoms with van der Waals surface area (Å²) in [6.45, 7) is 3.87. The number of esters is 1. The molecule has 2 radical (unpaired) electrons. The third-order valence-corrected chi connectivity index (χ3v) is 3.13. The molecule has 0 aliphatic heterocycles. The summed E-state index contributed by atoms with van der Waals surface area (Å²) in [7, 11) is 7.19. The third kappa shape index (κ3) is 1.56. The van der Waals surface area contributed by atoms with E-state index in [4.69, 9.17) is 12.6 Å². The summed E-state index contributed by atoms with van der Waals surface area (Å²) in [5, 5.41) is 0. The summed E-state index contributed by atoms with van der Waals surface area (Å²) in [5.41, 5.74) is 1.43. The van der Waals surface area contributed by atoms with Gasteiger partial charge in [0.05, 0.1) is 20.4 Å². The molecule has 76 valence electrons.